The minimum Gasteiger partial charge on any atom is -0.462 e. The van der Waals surface area contributed by atoms with Crippen LogP contribution in [0.2, 0.25) is 0 Å². The van der Waals surface area contributed by atoms with Gasteiger partial charge in [0, 0.05) is 5.33 Å². The molecule has 0 fully saturated rings. The highest BCUT2D eigenvalue weighted by atomic mass is 79.9. The maximum absolute atomic E-state index is 12.2. The van der Waals surface area contributed by atoms with Crippen molar-refractivity contribution in [2.75, 3.05) is 6.61 Å². The standard InChI is InChI=1S/C12H10BrF2NO3/c1-2-18-11(17)10-7(5-13)3-4-9(8(10)6-16)19-12(14)15/h3-4,12H,2,5H2,1H3. The van der Waals surface area contributed by atoms with Crippen LogP contribution in [0.4, 0.5) is 8.78 Å². The number of benzene rings is 1. The number of ether oxygens (including phenoxy) is 2. The molecule has 0 unspecified atom stereocenters. The van der Waals surface area contributed by atoms with E-state index in [4.69, 9.17) is 10.00 Å². The summed E-state index contributed by atoms with van der Waals surface area (Å²) in [7, 11) is 0. The summed E-state index contributed by atoms with van der Waals surface area (Å²) >= 11 is 3.16. The van der Waals surface area contributed by atoms with Crippen molar-refractivity contribution in [3.8, 4) is 11.8 Å². The second-order valence-electron chi connectivity index (χ2n) is 3.32. The third-order valence-electron chi connectivity index (χ3n) is 2.20. The van der Waals surface area contributed by atoms with E-state index in [1.165, 1.54) is 12.1 Å². The molecule has 0 aliphatic rings. The Hall–Kier alpha value is -1.68. The van der Waals surface area contributed by atoms with Crippen LogP contribution in [0.3, 0.4) is 0 Å². The number of carbonyl (C=O) groups excluding carboxylic acids is 1. The van der Waals surface area contributed by atoms with Gasteiger partial charge in [0.15, 0.2) is 0 Å². The first-order chi connectivity index (χ1) is 9.04. The quantitative estimate of drug-likeness (QED) is 0.613. The summed E-state index contributed by atoms with van der Waals surface area (Å²) in [6.45, 7) is -1.35. The number of hydrogen-bond acceptors (Lipinski definition) is 4. The van der Waals surface area contributed by atoms with Crippen LogP contribution in [0.25, 0.3) is 0 Å². The van der Waals surface area contributed by atoms with Gasteiger partial charge in [-0.15, -0.1) is 0 Å². The molecule has 0 N–H and O–H groups in total. The average molecular weight is 334 g/mol. The molecule has 0 radical (unpaired) electrons. The van der Waals surface area contributed by atoms with Crippen LogP contribution < -0.4 is 4.74 Å². The van der Waals surface area contributed by atoms with Crippen molar-refractivity contribution >= 4 is 21.9 Å². The number of nitriles is 1. The fourth-order valence-corrected chi connectivity index (χ4v) is 1.95. The predicted molar refractivity (Wildman–Crippen MR) is 66.4 cm³/mol. The van der Waals surface area contributed by atoms with Crippen LogP contribution in [-0.4, -0.2) is 19.2 Å². The summed E-state index contributed by atoms with van der Waals surface area (Å²) in [6.07, 6.45) is 0. The molecule has 0 saturated carbocycles. The van der Waals surface area contributed by atoms with Crippen LogP contribution >= 0.6 is 15.9 Å². The number of alkyl halides is 3. The Balaban J connectivity index is 3.38. The summed E-state index contributed by atoms with van der Waals surface area (Å²) in [5.41, 5.74) is 0.159. The number of esters is 1. The zero-order valence-electron chi connectivity index (χ0n) is 9.95. The first-order valence-corrected chi connectivity index (χ1v) is 6.41. The van der Waals surface area contributed by atoms with Crippen molar-refractivity contribution in [2.45, 2.75) is 18.9 Å². The van der Waals surface area contributed by atoms with Gasteiger partial charge in [-0.05, 0) is 18.6 Å². The van der Waals surface area contributed by atoms with Gasteiger partial charge in [-0.25, -0.2) is 4.79 Å². The number of rotatable bonds is 5. The molecule has 0 heterocycles. The summed E-state index contributed by atoms with van der Waals surface area (Å²) < 4.78 is 33.5. The lowest BCUT2D eigenvalue weighted by molar-refractivity contribution is -0.0501. The molecule has 0 atom stereocenters. The first kappa shape index (κ1) is 15.4. The Bertz CT molecular complexity index is 514. The number of nitrogens with zero attached hydrogens (tertiary/aromatic N) is 1. The zero-order valence-corrected chi connectivity index (χ0v) is 11.5. The summed E-state index contributed by atoms with van der Waals surface area (Å²) in [6, 6.07) is 4.36. The molecule has 0 saturated heterocycles. The average Bonchev–Trinajstić information content (AvgIpc) is 2.37. The molecule has 7 heteroatoms. The van der Waals surface area contributed by atoms with Crippen LogP contribution in [0.1, 0.15) is 28.4 Å². The lowest BCUT2D eigenvalue weighted by Gasteiger charge is -2.13. The fraction of sp³-hybridized carbons (Fsp3) is 0.333. The molecule has 19 heavy (non-hydrogen) atoms. The number of halogens is 3. The molecule has 0 aliphatic carbocycles. The molecule has 1 aromatic carbocycles. The third-order valence-corrected chi connectivity index (χ3v) is 2.81. The Morgan fingerprint density at radius 1 is 1.53 bits per heavy atom. The molecule has 0 bridgehead atoms. The predicted octanol–water partition coefficient (Wildman–Crippen LogP) is 3.23. The third kappa shape index (κ3) is 3.64. The van der Waals surface area contributed by atoms with E-state index in [2.05, 4.69) is 20.7 Å². The highest BCUT2D eigenvalue weighted by molar-refractivity contribution is 9.08. The van der Waals surface area contributed by atoms with Gasteiger partial charge in [0.1, 0.15) is 17.4 Å². The van der Waals surface area contributed by atoms with Crippen molar-refractivity contribution in [1.82, 2.24) is 0 Å². The Morgan fingerprint density at radius 2 is 2.21 bits per heavy atom. The van der Waals surface area contributed by atoms with Gasteiger partial charge in [-0.3, -0.25) is 0 Å². The van der Waals surface area contributed by atoms with E-state index in [1.807, 2.05) is 0 Å². The fourth-order valence-electron chi connectivity index (χ4n) is 1.48. The molecule has 1 rings (SSSR count). The van der Waals surface area contributed by atoms with Gasteiger partial charge < -0.3 is 9.47 Å². The van der Waals surface area contributed by atoms with Crippen LogP contribution in [0.15, 0.2) is 12.1 Å². The Kier molecular flexibility index (Phi) is 5.70. The second kappa shape index (κ2) is 7.04. The monoisotopic (exact) mass is 333 g/mol. The van der Waals surface area contributed by atoms with E-state index in [1.54, 1.807) is 13.0 Å². The van der Waals surface area contributed by atoms with E-state index < -0.39 is 12.6 Å². The Labute approximate surface area is 117 Å². The van der Waals surface area contributed by atoms with Crippen molar-refractivity contribution in [1.29, 1.82) is 5.26 Å². The zero-order chi connectivity index (χ0) is 14.4. The maximum Gasteiger partial charge on any atom is 0.387 e. The SMILES string of the molecule is CCOC(=O)c1c(CBr)ccc(OC(F)F)c1C#N. The molecular weight excluding hydrogens is 324 g/mol. The van der Waals surface area contributed by atoms with E-state index in [0.29, 0.717) is 5.56 Å². The van der Waals surface area contributed by atoms with Gasteiger partial charge in [-0.2, -0.15) is 14.0 Å². The summed E-state index contributed by atoms with van der Waals surface area (Å²) in [5, 5.41) is 9.33. The van der Waals surface area contributed by atoms with Crippen molar-refractivity contribution < 1.29 is 23.0 Å². The highest BCUT2D eigenvalue weighted by Gasteiger charge is 2.22. The summed E-state index contributed by atoms with van der Waals surface area (Å²) in [5.74, 6) is -1.08. The van der Waals surface area contributed by atoms with Gasteiger partial charge in [-0.1, -0.05) is 22.0 Å². The van der Waals surface area contributed by atoms with Gasteiger partial charge in [0.2, 0.25) is 0 Å². The first-order valence-electron chi connectivity index (χ1n) is 5.29. The second-order valence-corrected chi connectivity index (χ2v) is 3.88. The lowest BCUT2D eigenvalue weighted by Crippen LogP contribution is -2.12. The van der Waals surface area contributed by atoms with Crippen LogP contribution in [0.5, 0.6) is 5.75 Å². The van der Waals surface area contributed by atoms with E-state index in [9.17, 15) is 13.6 Å². The lowest BCUT2D eigenvalue weighted by atomic mass is 10.0. The van der Waals surface area contributed by atoms with E-state index in [0.717, 1.165) is 0 Å². The van der Waals surface area contributed by atoms with Gasteiger partial charge in [0.25, 0.3) is 0 Å². The van der Waals surface area contributed by atoms with E-state index >= 15 is 0 Å². The number of hydrogen-bond donors (Lipinski definition) is 0. The highest BCUT2D eigenvalue weighted by Crippen LogP contribution is 2.28. The van der Waals surface area contributed by atoms with Crippen LogP contribution in [-0.2, 0) is 10.1 Å². The molecule has 102 valence electrons. The molecule has 0 spiro atoms. The van der Waals surface area contributed by atoms with E-state index in [-0.39, 0.29) is 28.8 Å². The molecule has 0 aromatic heterocycles. The summed E-state index contributed by atoms with van der Waals surface area (Å²) in [4.78, 5) is 11.8. The Morgan fingerprint density at radius 3 is 2.68 bits per heavy atom. The molecule has 0 amide bonds. The van der Waals surface area contributed by atoms with Gasteiger partial charge in [0.05, 0.1) is 12.2 Å². The molecule has 4 nitrogen and oxygen atoms in total. The largest absolute Gasteiger partial charge is 0.462 e. The maximum atomic E-state index is 12.2. The molecule has 1 aromatic rings. The van der Waals surface area contributed by atoms with Crippen molar-refractivity contribution in [2.24, 2.45) is 0 Å². The minimum absolute atomic E-state index is 0.0561. The topological polar surface area (TPSA) is 59.3 Å². The van der Waals surface area contributed by atoms with Crippen LogP contribution in [0, 0.1) is 11.3 Å². The normalized spacial score (nSPS) is 10.1. The van der Waals surface area contributed by atoms with Crippen molar-refractivity contribution in [3.05, 3.63) is 28.8 Å². The smallest absolute Gasteiger partial charge is 0.387 e. The molecule has 0 aliphatic heterocycles. The van der Waals surface area contributed by atoms with Crippen molar-refractivity contribution in [3.63, 3.8) is 0 Å². The number of carbonyl (C=O) groups is 1. The molecular formula is C12H10BrF2NO3. The minimum atomic E-state index is -3.07. The van der Waals surface area contributed by atoms with Gasteiger partial charge >= 0.3 is 12.6 Å².